The standard InChI is InChI=1S/C21H25N3O3/c1-26-20-8-7-16(15-19(20)23-11-13-27-14-12-23)21(25)24-10-4-6-18(24)17-5-2-3-9-22-17/h2-3,5,7-9,15,18H,4,6,10-14H2,1H3/t18-/m1/s1. The van der Waals surface area contributed by atoms with Crippen molar-refractivity contribution in [1.29, 1.82) is 0 Å². The maximum Gasteiger partial charge on any atom is 0.254 e. The lowest BCUT2D eigenvalue weighted by atomic mass is 10.1. The highest BCUT2D eigenvalue weighted by atomic mass is 16.5. The minimum atomic E-state index is 0.0487. The van der Waals surface area contributed by atoms with Gasteiger partial charge in [0.05, 0.1) is 37.7 Å². The predicted molar refractivity (Wildman–Crippen MR) is 103 cm³/mol. The van der Waals surface area contributed by atoms with Gasteiger partial charge in [0.15, 0.2) is 0 Å². The van der Waals surface area contributed by atoms with Crippen molar-refractivity contribution >= 4 is 11.6 Å². The Morgan fingerprint density at radius 2 is 2.04 bits per heavy atom. The van der Waals surface area contributed by atoms with E-state index in [0.29, 0.717) is 18.8 Å². The van der Waals surface area contributed by atoms with E-state index in [1.165, 1.54) is 0 Å². The van der Waals surface area contributed by atoms with E-state index >= 15 is 0 Å². The molecule has 0 bridgehead atoms. The number of anilines is 1. The molecule has 6 nitrogen and oxygen atoms in total. The average molecular weight is 367 g/mol. The highest BCUT2D eigenvalue weighted by Gasteiger charge is 2.32. The first-order valence-electron chi connectivity index (χ1n) is 9.50. The van der Waals surface area contributed by atoms with Crippen molar-refractivity contribution in [3.8, 4) is 5.75 Å². The van der Waals surface area contributed by atoms with Crippen molar-refractivity contribution in [2.45, 2.75) is 18.9 Å². The van der Waals surface area contributed by atoms with Gasteiger partial charge in [-0.2, -0.15) is 0 Å². The van der Waals surface area contributed by atoms with Gasteiger partial charge in [0.25, 0.3) is 5.91 Å². The van der Waals surface area contributed by atoms with Crippen LogP contribution in [0.15, 0.2) is 42.6 Å². The molecule has 0 aliphatic carbocycles. The van der Waals surface area contributed by atoms with E-state index in [0.717, 1.165) is 49.6 Å². The number of hydrogen-bond acceptors (Lipinski definition) is 5. The topological polar surface area (TPSA) is 54.9 Å². The molecule has 0 radical (unpaired) electrons. The van der Waals surface area contributed by atoms with Crippen molar-refractivity contribution in [3.05, 3.63) is 53.9 Å². The van der Waals surface area contributed by atoms with Gasteiger partial charge in [-0.15, -0.1) is 0 Å². The molecule has 2 aromatic rings. The summed E-state index contributed by atoms with van der Waals surface area (Å²) in [6, 6.07) is 11.6. The SMILES string of the molecule is COc1ccc(C(=O)N2CCC[C@@H]2c2ccccn2)cc1N1CCOCC1. The van der Waals surface area contributed by atoms with Gasteiger partial charge in [0.2, 0.25) is 0 Å². The van der Waals surface area contributed by atoms with Crippen LogP contribution in [0.2, 0.25) is 0 Å². The fourth-order valence-electron chi connectivity index (χ4n) is 3.93. The Labute approximate surface area is 159 Å². The summed E-state index contributed by atoms with van der Waals surface area (Å²) in [5.41, 5.74) is 2.62. The highest BCUT2D eigenvalue weighted by molar-refractivity contribution is 5.96. The minimum absolute atomic E-state index is 0.0487. The van der Waals surface area contributed by atoms with Crippen LogP contribution in [0.25, 0.3) is 0 Å². The summed E-state index contributed by atoms with van der Waals surface area (Å²) in [5, 5.41) is 0. The number of methoxy groups -OCH3 is 1. The fourth-order valence-corrected chi connectivity index (χ4v) is 3.93. The molecular weight excluding hydrogens is 342 g/mol. The molecule has 27 heavy (non-hydrogen) atoms. The maximum atomic E-state index is 13.3. The number of aromatic nitrogens is 1. The number of likely N-dealkylation sites (tertiary alicyclic amines) is 1. The predicted octanol–water partition coefficient (Wildman–Crippen LogP) is 2.90. The number of morpholine rings is 1. The van der Waals surface area contributed by atoms with Crippen LogP contribution in [0, 0.1) is 0 Å². The summed E-state index contributed by atoms with van der Waals surface area (Å²) in [6.45, 7) is 3.74. The molecule has 0 N–H and O–H groups in total. The van der Waals surface area contributed by atoms with Gasteiger partial charge in [-0.1, -0.05) is 6.07 Å². The van der Waals surface area contributed by atoms with Crippen LogP contribution in [-0.4, -0.2) is 55.7 Å². The van der Waals surface area contributed by atoms with E-state index in [1.807, 2.05) is 41.3 Å². The largest absolute Gasteiger partial charge is 0.495 e. The number of nitrogens with zero attached hydrogens (tertiary/aromatic N) is 3. The normalized spacial score (nSPS) is 20.0. The fraction of sp³-hybridized carbons (Fsp3) is 0.429. The molecule has 1 aromatic carbocycles. The Morgan fingerprint density at radius 1 is 1.19 bits per heavy atom. The Morgan fingerprint density at radius 3 is 2.78 bits per heavy atom. The number of carbonyl (C=O) groups excluding carboxylic acids is 1. The third-order valence-corrected chi connectivity index (χ3v) is 5.32. The molecular formula is C21H25N3O3. The van der Waals surface area contributed by atoms with E-state index in [1.54, 1.807) is 13.3 Å². The third-order valence-electron chi connectivity index (χ3n) is 5.32. The highest BCUT2D eigenvalue weighted by Crippen LogP contribution is 2.34. The minimum Gasteiger partial charge on any atom is -0.495 e. The lowest BCUT2D eigenvalue weighted by Crippen LogP contribution is -2.37. The van der Waals surface area contributed by atoms with Crippen LogP contribution in [0.3, 0.4) is 0 Å². The Kier molecular flexibility index (Phi) is 5.25. The number of ether oxygens (including phenoxy) is 2. The summed E-state index contributed by atoms with van der Waals surface area (Å²) < 4.78 is 11.0. The zero-order valence-corrected chi connectivity index (χ0v) is 15.6. The van der Waals surface area contributed by atoms with Crippen LogP contribution in [-0.2, 0) is 4.74 Å². The molecule has 1 atom stereocenters. The van der Waals surface area contributed by atoms with Crippen LogP contribution in [0.5, 0.6) is 5.75 Å². The number of hydrogen-bond donors (Lipinski definition) is 0. The van der Waals surface area contributed by atoms with Gasteiger partial charge in [-0.25, -0.2) is 0 Å². The summed E-state index contributed by atoms with van der Waals surface area (Å²) in [7, 11) is 1.67. The van der Waals surface area contributed by atoms with Gasteiger partial charge in [-0.05, 0) is 43.2 Å². The molecule has 6 heteroatoms. The van der Waals surface area contributed by atoms with Gasteiger partial charge in [0, 0.05) is 31.4 Å². The number of pyridine rings is 1. The van der Waals surface area contributed by atoms with E-state index in [4.69, 9.17) is 9.47 Å². The first kappa shape index (κ1) is 17.8. The lowest BCUT2D eigenvalue weighted by Gasteiger charge is -2.31. The summed E-state index contributed by atoms with van der Waals surface area (Å²) >= 11 is 0. The van der Waals surface area contributed by atoms with Crippen LogP contribution < -0.4 is 9.64 Å². The van der Waals surface area contributed by atoms with E-state index < -0.39 is 0 Å². The van der Waals surface area contributed by atoms with Gasteiger partial charge in [0.1, 0.15) is 5.75 Å². The summed E-state index contributed by atoms with van der Waals surface area (Å²) in [6.07, 6.45) is 3.74. The monoisotopic (exact) mass is 367 g/mol. The summed E-state index contributed by atoms with van der Waals surface area (Å²) in [4.78, 5) is 21.9. The zero-order valence-electron chi connectivity index (χ0n) is 15.6. The second-order valence-corrected chi connectivity index (χ2v) is 6.90. The molecule has 2 saturated heterocycles. The van der Waals surface area contributed by atoms with Gasteiger partial charge >= 0.3 is 0 Å². The second kappa shape index (κ2) is 7.96. The van der Waals surface area contributed by atoms with Crippen molar-refractivity contribution < 1.29 is 14.3 Å². The molecule has 1 amide bonds. The second-order valence-electron chi connectivity index (χ2n) is 6.90. The van der Waals surface area contributed by atoms with Crippen molar-refractivity contribution in [2.24, 2.45) is 0 Å². The van der Waals surface area contributed by atoms with Gasteiger partial charge in [-0.3, -0.25) is 9.78 Å². The van der Waals surface area contributed by atoms with Crippen LogP contribution in [0.4, 0.5) is 5.69 Å². The number of carbonyl (C=O) groups is 1. The number of benzene rings is 1. The zero-order chi connectivity index (χ0) is 18.6. The molecule has 142 valence electrons. The molecule has 0 spiro atoms. The van der Waals surface area contributed by atoms with E-state index in [9.17, 15) is 4.79 Å². The first-order valence-corrected chi connectivity index (χ1v) is 9.50. The van der Waals surface area contributed by atoms with Crippen molar-refractivity contribution in [1.82, 2.24) is 9.88 Å². The molecule has 4 rings (SSSR count). The molecule has 2 fully saturated rings. The molecule has 2 aliphatic rings. The molecule has 1 aromatic heterocycles. The van der Waals surface area contributed by atoms with Crippen molar-refractivity contribution in [2.75, 3.05) is 44.9 Å². The molecule has 3 heterocycles. The summed E-state index contributed by atoms with van der Waals surface area (Å²) in [5.74, 6) is 0.844. The Bertz CT molecular complexity index is 791. The molecule has 0 unspecified atom stereocenters. The van der Waals surface area contributed by atoms with Crippen molar-refractivity contribution in [3.63, 3.8) is 0 Å². The van der Waals surface area contributed by atoms with Crippen LogP contribution >= 0.6 is 0 Å². The van der Waals surface area contributed by atoms with E-state index in [2.05, 4.69) is 9.88 Å². The quantitative estimate of drug-likeness (QED) is 0.832. The smallest absolute Gasteiger partial charge is 0.254 e. The van der Waals surface area contributed by atoms with E-state index in [-0.39, 0.29) is 11.9 Å². The molecule has 2 aliphatic heterocycles. The lowest BCUT2D eigenvalue weighted by molar-refractivity contribution is 0.0733. The number of rotatable bonds is 4. The van der Waals surface area contributed by atoms with Crippen LogP contribution in [0.1, 0.15) is 34.9 Å². The Hall–Kier alpha value is -2.60. The van der Waals surface area contributed by atoms with Gasteiger partial charge < -0.3 is 19.3 Å². The molecule has 0 saturated carbocycles. The maximum absolute atomic E-state index is 13.3. The first-order chi connectivity index (χ1) is 13.3. The Balaban J connectivity index is 1.61. The average Bonchev–Trinajstić information content (AvgIpc) is 3.24. The number of amides is 1. The third kappa shape index (κ3) is 3.62.